The topological polar surface area (TPSA) is 54.7 Å². The molecular formula is C15H22N2O3. The predicted molar refractivity (Wildman–Crippen MR) is 75.9 cm³/mol. The molecule has 3 heterocycles. The molecule has 0 unspecified atom stereocenters. The average Bonchev–Trinajstić information content (AvgIpc) is 2.40. The maximum atomic E-state index is 11.9. The Hall–Kier alpha value is -1.17. The Labute approximate surface area is 118 Å². The first-order valence-electron chi connectivity index (χ1n) is 7.26. The van der Waals surface area contributed by atoms with Crippen molar-refractivity contribution < 1.29 is 9.84 Å². The van der Waals surface area contributed by atoms with E-state index in [0.29, 0.717) is 25.0 Å². The van der Waals surface area contributed by atoms with Crippen LogP contribution in [0.4, 0.5) is 0 Å². The molecule has 2 aliphatic rings. The maximum Gasteiger partial charge on any atom is 0.250 e. The number of aliphatic hydroxyl groups is 1. The fraction of sp³-hybridized carbons (Fsp3) is 0.667. The summed E-state index contributed by atoms with van der Waals surface area (Å²) in [5.74, 6) is 0.919. The van der Waals surface area contributed by atoms with Crippen LogP contribution in [0.2, 0.25) is 0 Å². The molecule has 0 aromatic carbocycles. The van der Waals surface area contributed by atoms with Crippen LogP contribution in [0.3, 0.4) is 0 Å². The van der Waals surface area contributed by atoms with E-state index >= 15 is 0 Å². The number of hydrogen-bond donors (Lipinski definition) is 1. The van der Waals surface area contributed by atoms with E-state index in [9.17, 15) is 9.90 Å². The molecule has 2 aliphatic heterocycles. The van der Waals surface area contributed by atoms with Crippen LogP contribution in [0.1, 0.15) is 18.0 Å². The highest BCUT2D eigenvalue weighted by Gasteiger charge is 2.34. The molecule has 2 bridgehead atoms. The Morgan fingerprint density at radius 1 is 1.40 bits per heavy atom. The smallest absolute Gasteiger partial charge is 0.250 e. The molecule has 0 amide bonds. The minimum Gasteiger partial charge on any atom is -0.389 e. The zero-order valence-electron chi connectivity index (χ0n) is 11.9. The van der Waals surface area contributed by atoms with E-state index in [1.54, 1.807) is 13.2 Å². The average molecular weight is 278 g/mol. The van der Waals surface area contributed by atoms with Crippen LogP contribution in [0, 0.1) is 5.92 Å². The lowest BCUT2D eigenvalue weighted by molar-refractivity contribution is 0.0183. The van der Waals surface area contributed by atoms with Gasteiger partial charge in [-0.05, 0) is 18.4 Å². The van der Waals surface area contributed by atoms with E-state index in [1.807, 2.05) is 10.6 Å². The molecular weight excluding hydrogens is 256 g/mol. The molecule has 1 fully saturated rings. The first-order chi connectivity index (χ1) is 9.67. The molecule has 1 aromatic heterocycles. The second-order valence-corrected chi connectivity index (χ2v) is 6.03. The molecule has 5 nitrogen and oxygen atoms in total. The first kappa shape index (κ1) is 13.8. The minimum atomic E-state index is -0.434. The number of pyridine rings is 1. The number of hydrogen-bond acceptors (Lipinski definition) is 4. The van der Waals surface area contributed by atoms with Crippen molar-refractivity contribution in [1.82, 2.24) is 9.47 Å². The van der Waals surface area contributed by atoms with Gasteiger partial charge in [-0.25, -0.2) is 0 Å². The van der Waals surface area contributed by atoms with E-state index < -0.39 is 6.10 Å². The van der Waals surface area contributed by atoms with Crippen LogP contribution >= 0.6 is 0 Å². The predicted octanol–water partition coefficient (Wildman–Crippen LogP) is 0.275. The van der Waals surface area contributed by atoms with Crippen molar-refractivity contribution in [3.63, 3.8) is 0 Å². The summed E-state index contributed by atoms with van der Waals surface area (Å²) in [5, 5.41) is 9.88. The van der Waals surface area contributed by atoms with Gasteiger partial charge in [-0.2, -0.15) is 0 Å². The summed E-state index contributed by atoms with van der Waals surface area (Å²) < 4.78 is 6.92. The van der Waals surface area contributed by atoms with Gasteiger partial charge in [0.25, 0.3) is 5.56 Å². The lowest BCUT2D eigenvalue weighted by Crippen LogP contribution is -2.49. The van der Waals surface area contributed by atoms with Gasteiger partial charge in [0.05, 0.1) is 12.7 Å². The van der Waals surface area contributed by atoms with Gasteiger partial charge >= 0.3 is 0 Å². The quantitative estimate of drug-likeness (QED) is 0.859. The monoisotopic (exact) mass is 278 g/mol. The third kappa shape index (κ3) is 2.66. The van der Waals surface area contributed by atoms with Crippen molar-refractivity contribution in [3.05, 3.63) is 34.2 Å². The lowest BCUT2D eigenvalue weighted by Gasteiger charge is -2.43. The minimum absolute atomic E-state index is 0.116. The number of methoxy groups -OCH3 is 1. The van der Waals surface area contributed by atoms with Crippen LogP contribution < -0.4 is 5.56 Å². The van der Waals surface area contributed by atoms with Crippen LogP contribution in [0.15, 0.2) is 23.0 Å². The second kappa shape index (κ2) is 5.68. The number of nitrogens with zero attached hydrogens (tertiary/aromatic N) is 2. The molecule has 3 rings (SSSR count). The van der Waals surface area contributed by atoms with Gasteiger partial charge in [0.15, 0.2) is 0 Å². The highest BCUT2D eigenvalue weighted by molar-refractivity contribution is 5.16. The Kier molecular flexibility index (Phi) is 3.92. The molecule has 20 heavy (non-hydrogen) atoms. The Bertz CT molecular complexity index is 528. The van der Waals surface area contributed by atoms with Crippen molar-refractivity contribution in [2.45, 2.75) is 25.0 Å². The summed E-state index contributed by atoms with van der Waals surface area (Å²) in [7, 11) is 1.61. The highest BCUT2D eigenvalue weighted by atomic mass is 16.5. The number of piperidine rings is 1. The second-order valence-electron chi connectivity index (χ2n) is 6.03. The van der Waals surface area contributed by atoms with Crippen LogP contribution in [0.5, 0.6) is 0 Å². The molecule has 0 aliphatic carbocycles. The lowest BCUT2D eigenvalue weighted by atomic mass is 9.83. The van der Waals surface area contributed by atoms with Crippen LogP contribution in [-0.2, 0) is 11.3 Å². The van der Waals surface area contributed by atoms with Crippen LogP contribution in [0.25, 0.3) is 0 Å². The number of fused-ring (bicyclic) bond motifs is 4. The van der Waals surface area contributed by atoms with Gasteiger partial charge in [0.2, 0.25) is 0 Å². The summed E-state index contributed by atoms with van der Waals surface area (Å²) in [4.78, 5) is 14.2. The summed E-state index contributed by atoms with van der Waals surface area (Å²) in [6.45, 7) is 3.71. The molecule has 1 N–H and O–H groups in total. The Balaban J connectivity index is 1.75. The van der Waals surface area contributed by atoms with Gasteiger partial charge in [0.1, 0.15) is 0 Å². The summed E-state index contributed by atoms with van der Waals surface area (Å²) in [5.41, 5.74) is 1.27. The van der Waals surface area contributed by atoms with Crippen molar-refractivity contribution in [2.75, 3.05) is 33.4 Å². The maximum absolute atomic E-state index is 11.9. The zero-order chi connectivity index (χ0) is 14.1. The van der Waals surface area contributed by atoms with E-state index in [2.05, 4.69) is 11.0 Å². The first-order valence-corrected chi connectivity index (χ1v) is 7.26. The molecule has 0 saturated carbocycles. The Morgan fingerprint density at radius 2 is 2.25 bits per heavy atom. The SMILES string of the molecule is COC[C@H](O)CN1C[C@@H]2C[C@@H](C1)c1cccc(=O)n1C2. The fourth-order valence-electron chi connectivity index (χ4n) is 3.69. The van der Waals surface area contributed by atoms with Crippen molar-refractivity contribution >= 4 is 0 Å². The van der Waals surface area contributed by atoms with Gasteiger partial charge in [-0.15, -0.1) is 0 Å². The molecule has 0 radical (unpaired) electrons. The van der Waals surface area contributed by atoms with Gasteiger partial charge < -0.3 is 14.4 Å². The van der Waals surface area contributed by atoms with Crippen molar-refractivity contribution in [2.24, 2.45) is 5.92 Å². The van der Waals surface area contributed by atoms with E-state index in [1.165, 1.54) is 0 Å². The fourth-order valence-corrected chi connectivity index (χ4v) is 3.69. The third-order valence-corrected chi connectivity index (χ3v) is 4.38. The van der Waals surface area contributed by atoms with Gasteiger partial charge in [-0.3, -0.25) is 9.69 Å². The molecule has 3 atom stereocenters. The molecule has 110 valence electrons. The standard InChI is InChI=1S/C15H22N2O3/c1-20-10-13(18)9-16-6-11-5-12(8-16)14-3-2-4-15(19)17(14)7-11/h2-4,11-13,18H,5-10H2,1H3/t11-,12-,13+/m0/s1. The number of ether oxygens (including phenoxy) is 1. The molecule has 5 heteroatoms. The molecule has 1 aromatic rings. The van der Waals surface area contributed by atoms with Crippen LogP contribution in [-0.4, -0.2) is 54.0 Å². The number of likely N-dealkylation sites (tertiary alicyclic amines) is 1. The normalized spacial score (nSPS) is 27.1. The molecule has 0 spiro atoms. The Morgan fingerprint density at radius 3 is 3.05 bits per heavy atom. The van der Waals surface area contributed by atoms with E-state index in [4.69, 9.17) is 4.74 Å². The number of aromatic nitrogens is 1. The highest BCUT2D eigenvalue weighted by Crippen LogP contribution is 2.34. The largest absolute Gasteiger partial charge is 0.389 e. The third-order valence-electron chi connectivity index (χ3n) is 4.38. The number of aliphatic hydroxyl groups excluding tert-OH is 1. The molecule has 1 saturated heterocycles. The van der Waals surface area contributed by atoms with E-state index in [0.717, 1.165) is 31.7 Å². The van der Waals surface area contributed by atoms with Crippen molar-refractivity contribution in [1.29, 1.82) is 0 Å². The van der Waals surface area contributed by atoms with Gasteiger partial charge in [-0.1, -0.05) is 6.07 Å². The summed E-state index contributed by atoms with van der Waals surface area (Å²) in [6.07, 6.45) is 0.720. The summed E-state index contributed by atoms with van der Waals surface area (Å²) >= 11 is 0. The zero-order valence-corrected chi connectivity index (χ0v) is 11.9. The number of rotatable bonds is 4. The number of β-amino-alcohol motifs (C(OH)–C–C–N with tert-alkyl or cyclic N) is 1. The van der Waals surface area contributed by atoms with Gasteiger partial charge in [0, 0.05) is 51.0 Å². The summed E-state index contributed by atoms with van der Waals surface area (Å²) in [6, 6.07) is 5.56. The van der Waals surface area contributed by atoms with E-state index in [-0.39, 0.29) is 5.56 Å². The van der Waals surface area contributed by atoms with Crippen molar-refractivity contribution in [3.8, 4) is 0 Å².